The summed E-state index contributed by atoms with van der Waals surface area (Å²) in [5, 5.41) is 7.11. The molecule has 19 heavy (non-hydrogen) atoms. The fourth-order valence-corrected chi connectivity index (χ4v) is 2.96. The number of carbonyl (C=O) groups excluding carboxylic acids is 2. The first-order valence-electron chi connectivity index (χ1n) is 5.94. The summed E-state index contributed by atoms with van der Waals surface area (Å²) < 4.78 is 0. The van der Waals surface area contributed by atoms with Crippen LogP contribution in [0.25, 0.3) is 0 Å². The Morgan fingerprint density at radius 3 is 2.79 bits per heavy atom. The van der Waals surface area contributed by atoms with E-state index in [2.05, 4.69) is 10.3 Å². The zero-order valence-electron chi connectivity index (χ0n) is 10.5. The molecule has 2 rings (SSSR count). The normalized spacial score (nSPS) is 10.4. The Kier molecular flexibility index (Phi) is 4.81. The number of amides is 1. The van der Waals surface area contributed by atoms with Crippen LogP contribution >= 0.6 is 22.7 Å². The van der Waals surface area contributed by atoms with Gasteiger partial charge in [-0.2, -0.15) is 0 Å². The van der Waals surface area contributed by atoms with Crippen molar-refractivity contribution in [3.8, 4) is 0 Å². The van der Waals surface area contributed by atoms with Crippen molar-refractivity contribution in [2.24, 2.45) is 0 Å². The Balaban J connectivity index is 1.71. The second kappa shape index (κ2) is 6.58. The predicted octanol–water partition coefficient (Wildman–Crippen LogP) is 3.50. The molecule has 0 aromatic carbocycles. The van der Waals surface area contributed by atoms with Crippen LogP contribution in [0.15, 0.2) is 22.9 Å². The number of nitrogens with zero attached hydrogens (tertiary/aromatic N) is 1. The van der Waals surface area contributed by atoms with Crippen LogP contribution < -0.4 is 5.32 Å². The minimum absolute atomic E-state index is 0.0895. The molecule has 0 unspecified atom stereocenters. The molecule has 2 heterocycles. The number of hydrogen-bond acceptors (Lipinski definition) is 5. The number of aromatic nitrogens is 1. The summed E-state index contributed by atoms with van der Waals surface area (Å²) in [5.74, 6) is 0.0150. The van der Waals surface area contributed by atoms with Gasteiger partial charge >= 0.3 is 0 Å². The summed E-state index contributed by atoms with van der Waals surface area (Å²) in [6.07, 6.45) is 1.31. The van der Waals surface area contributed by atoms with E-state index in [-0.39, 0.29) is 11.7 Å². The largest absolute Gasteiger partial charge is 0.302 e. The molecule has 0 fully saturated rings. The summed E-state index contributed by atoms with van der Waals surface area (Å²) in [6.45, 7) is 1.88. The number of thiazole rings is 1. The molecule has 0 spiro atoms. The van der Waals surface area contributed by atoms with Crippen LogP contribution in [0.1, 0.15) is 34.6 Å². The fraction of sp³-hybridized carbons (Fsp3) is 0.308. The number of hydrogen-bond donors (Lipinski definition) is 1. The van der Waals surface area contributed by atoms with Crippen LogP contribution in [0, 0.1) is 6.92 Å². The maximum absolute atomic E-state index is 11.7. The molecule has 0 atom stereocenters. The van der Waals surface area contributed by atoms with Gasteiger partial charge in [0.2, 0.25) is 5.91 Å². The van der Waals surface area contributed by atoms with E-state index in [1.54, 1.807) is 0 Å². The van der Waals surface area contributed by atoms with Crippen molar-refractivity contribution in [3.05, 3.63) is 33.5 Å². The highest BCUT2D eigenvalue weighted by molar-refractivity contribution is 7.14. The molecule has 0 bridgehead atoms. The average Bonchev–Trinajstić information content (AvgIpc) is 3.00. The van der Waals surface area contributed by atoms with Gasteiger partial charge in [-0.3, -0.25) is 9.59 Å². The smallest absolute Gasteiger partial charge is 0.226 e. The molecule has 0 saturated heterocycles. The van der Waals surface area contributed by atoms with E-state index < -0.39 is 0 Å². The Morgan fingerprint density at radius 2 is 2.16 bits per heavy atom. The topological polar surface area (TPSA) is 59.1 Å². The Morgan fingerprint density at radius 1 is 1.32 bits per heavy atom. The molecule has 6 heteroatoms. The molecular weight excluding hydrogens is 280 g/mol. The molecule has 100 valence electrons. The Hall–Kier alpha value is -1.53. The van der Waals surface area contributed by atoms with Gasteiger partial charge in [0.25, 0.3) is 0 Å². The van der Waals surface area contributed by atoms with Gasteiger partial charge in [0.15, 0.2) is 10.9 Å². The van der Waals surface area contributed by atoms with E-state index in [1.165, 1.54) is 22.7 Å². The molecular formula is C13H14N2O2S2. The lowest BCUT2D eigenvalue weighted by Crippen LogP contribution is -2.11. The maximum Gasteiger partial charge on any atom is 0.226 e. The predicted molar refractivity (Wildman–Crippen MR) is 78.0 cm³/mol. The Bertz CT molecular complexity index is 561. The van der Waals surface area contributed by atoms with Gasteiger partial charge in [-0.15, -0.1) is 22.7 Å². The van der Waals surface area contributed by atoms with E-state index in [4.69, 9.17) is 0 Å². The first kappa shape index (κ1) is 13.9. The first-order valence-corrected chi connectivity index (χ1v) is 7.70. The van der Waals surface area contributed by atoms with E-state index >= 15 is 0 Å². The number of thiophene rings is 1. The van der Waals surface area contributed by atoms with Gasteiger partial charge in [0.1, 0.15) is 0 Å². The van der Waals surface area contributed by atoms with Crippen molar-refractivity contribution in [1.29, 1.82) is 0 Å². The lowest BCUT2D eigenvalue weighted by molar-refractivity contribution is -0.116. The van der Waals surface area contributed by atoms with Crippen LogP contribution in [0.5, 0.6) is 0 Å². The lowest BCUT2D eigenvalue weighted by atomic mass is 10.1. The molecule has 0 saturated carbocycles. The molecule has 1 amide bonds. The van der Waals surface area contributed by atoms with Gasteiger partial charge in [-0.05, 0) is 24.8 Å². The number of carbonyl (C=O) groups is 2. The maximum atomic E-state index is 11.7. The number of aryl methyl sites for hydroxylation is 1. The minimum atomic E-state index is -0.0895. The lowest BCUT2D eigenvalue weighted by Gasteiger charge is -2.01. The van der Waals surface area contributed by atoms with Crippen molar-refractivity contribution in [2.45, 2.75) is 26.2 Å². The van der Waals surface area contributed by atoms with Gasteiger partial charge in [0.05, 0.1) is 10.6 Å². The SMILES string of the molecule is Cc1csc(NC(=O)CCCC(=O)c2cccs2)n1. The number of ketones is 1. The number of rotatable bonds is 6. The van der Waals surface area contributed by atoms with Crippen molar-refractivity contribution < 1.29 is 9.59 Å². The van der Waals surface area contributed by atoms with Gasteiger partial charge in [0, 0.05) is 18.2 Å². The van der Waals surface area contributed by atoms with Gasteiger partial charge < -0.3 is 5.32 Å². The van der Waals surface area contributed by atoms with Gasteiger partial charge in [-0.1, -0.05) is 6.07 Å². The summed E-state index contributed by atoms with van der Waals surface area (Å²) in [4.78, 5) is 28.3. The second-order valence-electron chi connectivity index (χ2n) is 4.10. The average molecular weight is 294 g/mol. The zero-order chi connectivity index (χ0) is 13.7. The van der Waals surface area contributed by atoms with Crippen LogP contribution in [0.3, 0.4) is 0 Å². The van der Waals surface area contributed by atoms with Crippen LogP contribution in [0.2, 0.25) is 0 Å². The van der Waals surface area contributed by atoms with Crippen molar-refractivity contribution in [2.75, 3.05) is 5.32 Å². The molecule has 2 aromatic heterocycles. The second-order valence-corrected chi connectivity index (χ2v) is 5.90. The summed E-state index contributed by atoms with van der Waals surface area (Å²) in [5.41, 5.74) is 0.896. The summed E-state index contributed by atoms with van der Waals surface area (Å²) >= 11 is 2.84. The van der Waals surface area contributed by atoms with E-state index in [1.807, 2.05) is 29.8 Å². The molecule has 0 aliphatic heterocycles. The van der Waals surface area contributed by atoms with Crippen LogP contribution in [-0.4, -0.2) is 16.7 Å². The van der Waals surface area contributed by atoms with E-state index in [9.17, 15) is 9.59 Å². The molecule has 0 aliphatic carbocycles. The van der Waals surface area contributed by atoms with Crippen LogP contribution in [0.4, 0.5) is 5.13 Å². The standard InChI is InChI=1S/C13H14N2O2S2/c1-9-8-19-13(14-9)15-12(17)6-2-4-10(16)11-5-3-7-18-11/h3,5,7-8H,2,4,6H2,1H3,(H,14,15,17). The Labute approximate surface area is 119 Å². The molecule has 2 aromatic rings. The van der Waals surface area contributed by atoms with Crippen molar-refractivity contribution in [3.63, 3.8) is 0 Å². The van der Waals surface area contributed by atoms with Crippen molar-refractivity contribution >= 4 is 39.5 Å². The molecule has 1 N–H and O–H groups in total. The third-order valence-electron chi connectivity index (χ3n) is 2.47. The third-order valence-corrected chi connectivity index (χ3v) is 4.26. The third kappa shape index (κ3) is 4.25. The highest BCUT2D eigenvalue weighted by Crippen LogP contribution is 2.16. The summed E-state index contributed by atoms with van der Waals surface area (Å²) in [7, 11) is 0. The summed E-state index contributed by atoms with van der Waals surface area (Å²) in [6, 6.07) is 3.67. The van der Waals surface area contributed by atoms with E-state index in [0.29, 0.717) is 24.4 Å². The number of Topliss-reactive ketones (excluding diaryl/α,β-unsaturated/α-hetero) is 1. The monoisotopic (exact) mass is 294 g/mol. The molecule has 0 radical (unpaired) electrons. The van der Waals surface area contributed by atoms with Gasteiger partial charge in [-0.25, -0.2) is 4.98 Å². The van der Waals surface area contributed by atoms with Crippen LogP contribution in [-0.2, 0) is 4.79 Å². The molecule has 4 nitrogen and oxygen atoms in total. The minimum Gasteiger partial charge on any atom is -0.302 e. The highest BCUT2D eigenvalue weighted by Gasteiger charge is 2.09. The molecule has 0 aliphatic rings. The zero-order valence-corrected chi connectivity index (χ0v) is 12.1. The van der Waals surface area contributed by atoms with E-state index in [0.717, 1.165) is 10.6 Å². The van der Waals surface area contributed by atoms with Crippen molar-refractivity contribution in [1.82, 2.24) is 4.98 Å². The fourth-order valence-electron chi connectivity index (χ4n) is 1.56. The highest BCUT2D eigenvalue weighted by atomic mass is 32.1. The number of nitrogens with one attached hydrogen (secondary N) is 1. The quantitative estimate of drug-likeness (QED) is 0.829. The first-order chi connectivity index (χ1) is 9.15. The number of anilines is 1.